The molecule has 1 aliphatic heterocycles. The van der Waals surface area contributed by atoms with Crippen molar-refractivity contribution in [1.29, 1.82) is 5.26 Å². The topological polar surface area (TPSA) is 66.1 Å². The molecule has 0 N–H and O–H groups in total. The number of para-hydroxylation sites is 1. The molecular formula is C24H20BrN3O2S. The van der Waals surface area contributed by atoms with Crippen molar-refractivity contribution in [3.63, 3.8) is 0 Å². The quantitative estimate of drug-likeness (QED) is 0.562. The summed E-state index contributed by atoms with van der Waals surface area (Å²) in [6, 6.07) is 17.2. The maximum absolute atomic E-state index is 13.5. The highest BCUT2D eigenvalue weighted by atomic mass is 79.9. The molecule has 0 spiro atoms. The number of halogens is 1. The molecule has 31 heavy (non-hydrogen) atoms. The normalized spacial score (nSPS) is 15.1. The summed E-state index contributed by atoms with van der Waals surface area (Å²) in [5.41, 5.74) is 2.22. The molecule has 156 valence electrons. The van der Waals surface area contributed by atoms with Crippen LogP contribution in [0.2, 0.25) is 0 Å². The highest BCUT2D eigenvalue weighted by Gasteiger charge is 2.24. The van der Waals surface area contributed by atoms with Crippen molar-refractivity contribution in [1.82, 2.24) is 9.47 Å². The Kier molecular flexibility index (Phi) is 6.21. The number of hydrogen-bond acceptors (Lipinski definition) is 4. The van der Waals surface area contributed by atoms with Gasteiger partial charge in [-0.15, -0.1) is 11.3 Å². The van der Waals surface area contributed by atoms with E-state index in [-0.39, 0.29) is 17.0 Å². The lowest BCUT2D eigenvalue weighted by molar-refractivity contribution is -0.123. The summed E-state index contributed by atoms with van der Waals surface area (Å²) in [5.74, 6) is -0.307. The Morgan fingerprint density at radius 2 is 1.81 bits per heavy atom. The van der Waals surface area contributed by atoms with Crippen molar-refractivity contribution in [2.45, 2.75) is 19.8 Å². The van der Waals surface area contributed by atoms with Gasteiger partial charge in [0, 0.05) is 17.6 Å². The summed E-state index contributed by atoms with van der Waals surface area (Å²) in [5, 5.41) is 9.91. The van der Waals surface area contributed by atoms with E-state index in [0.717, 1.165) is 28.4 Å². The number of nitriles is 1. The largest absolute Gasteiger partial charge is 0.338 e. The van der Waals surface area contributed by atoms with E-state index < -0.39 is 0 Å². The number of hydrogen-bond donors (Lipinski definition) is 0. The van der Waals surface area contributed by atoms with Crippen LogP contribution in [0.15, 0.2) is 57.8 Å². The van der Waals surface area contributed by atoms with Crippen molar-refractivity contribution in [3.05, 3.63) is 83.7 Å². The third-order valence-electron chi connectivity index (χ3n) is 5.28. The first kappa shape index (κ1) is 21.3. The third kappa shape index (κ3) is 4.27. The number of aryl methyl sites for hydroxylation is 1. The third-order valence-corrected chi connectivity index (χ3v) is 6.90. The van der Waals surface area contributed by atoms with Gasteiger partial charge in [-0.05, 0) is 55.2 Å². The van der Waals surface area contributed by atoms with Gasteiger partial charge in [-0.1, -0.05) is 46.3 Å². The first-order valence-corrected chi connectivity index (χ1v) is 11.6. The van der Waals surface area contributed by atoms with Crippen molar-refractivity contribution < 1.29 is 4.79 Å². The molecule has 1 fully saturated rings. The second-order valence-corrected chi connectivity index (χ2v) is 9.33. The molecule has 0 saturated carbocycles. The maximum Gasteiger partial charge on any atom is 0.273 e. The van der Waals surface area contributed by atoms with Crippen molar-refractivity contribution >= 4 is 44.8 Å². The molecule has 0 unspecified atom stereocenters. The van der Waals surface area contributed by atoms with Crippen LogP contribution in [0.1, 0.15) is 24.0 Å². The molecule has 0 atom stereocenters. The number of carbonyl (C=O) groups is 1. The zero-order chi connectivity index (χ0) is 22.0. The van der Waals surface area contributed by atoms with Crippen LogP contribution in [-0.4, -0.2) is 28.5 Å². The van der Waals surface area contributed by atoms with Gasteiger partial charge in [-0.25, -0.2) is 0 Å². The molecule has 7 heteroatoms. The first-order chi connectivity index (χ1) is 15.0. The van der Waals surface area contributed by atoms with Gasteiger partial charge in [0.25, 0.3) is 11.5 Å². The van der Waals surface area contributed by atoms with Gasteiger partial charge < -0.3 is 4.90 Å². The molecule has 4 rings (SSSR count). The van der Waals surface area contributed by atoms with Gasteiger partial charge >= 0.3 is 0 Å². The van der Waals surface area contributed by atoms with E-state index in [4.69, 9.17) is 0 Å². The fraction of sp³-hybridized carbons (Fsp3) is 0.208. The minimum absolute atomic E-state index is 0.0164. The summed E-state index contributed by atoms with van der Waals surface area (Å²) in [6.07, 6.45) is 3.66. The monoisotopic (exact) mass is 493 g/mol. The molecule has 1 amide bonds. The van der Waals surface area contributed by atoms with Crippen LogP contribution >= 0.6 is 27.3 Å². The van der Waals surface area contributed by atoms with Crippen molar-refractivity contribution in [3.8, 4) is 11.8 Å². The van der Waals surface area contributed by atoms with Crippen LogP contribution in [0.4, 0.5) is 0 Å². The number of carbonyl (C=O) groups excluding carboxylic acids is 1. The summed E-state index contributed by atoms with van der Waals surface area (Å²) < 4.78 is 3.31. The van der Waals surface area contributed by atoms with E-state index in [0.29, 0.717) is 28.0 Å². The van der Waals surface area contributed by atoms with E-state index in [1.54, 1.807) is 11.0 Å². The van der Waals surface area contributed by atoms with Gasteiger partial charge in [0.1, 0.15) is 10.7 Å². The molecule has 0 bridgehead atoms. The lowest BCUT2D eigenvalue weighted by atomic mass is 10.2. The standard InChI is InChI=1S/C24H20BrN3O2S/c1-16-6-2-3-7-20(16)28-23(30)21(14-17-8-10-18(25)11-9-17)31-24(28)19(15-26)22(29)27-12-4-5-13-27/h2-3,6-11,14H,4-5,12-13H2,1H3. The number of benzene rings is 2. The predicted octanol–water partition coefficient (Wildman–Crippen LogP) is 3.10. The Bertz CT molecular complexity index is 1360. The van der Waals surface area contributed by atoms with Crippen LogP contribution < -0.4 is 14.8 Å². The maximum atomic E-state index is 13.5. The average molecular weight is 494 g/mol. The van der Waals surface area contributed by atoms with Gasteiger partial charge in [-0.2, -0.15) is 5.26 Å². The fourth-order valence-electron chi connectivity index (χ4n) is 3.66. The zero-order valence-corrected chi connectivity index (χ0v) is 19.4. The van der Waals surface area contributed by atoms with Crippen LogP contribution in [0.3, 0.4) is 0 Å². The van der Waals surface area contributed by atoms with E-state index in [1.807, 2.05) is 55.5 Å². The second-order valence-electron chi connectivity index (χ2n) is 7.38. The van der Waals surface area contributed by atoms with Gasteiger partial charge in [0.2, 0.25) is 0 Å². The Labute approximate surface area is 192 Å². The molecule has 2 aromatic carbocycles. The minimum Gasteiger partial charge on any atom is -0.338 e. The van der Waals surface area contributed by atoms with E-state index in [2.05, 4.69) is 22.0 Å². The molecule has 0 radical (unpaired) electrons. The smallest absolute Gasteiger partial charge is 0.273 e. The Hall–Kier alpha value is -2.95. The average Bonchev–Trinajstić information content (AvgIpc) is 3.40. The molecule has 2 heterocycles. The SMILES string of the molecule is Cc1ccccc1-n1c(=C(C#N)C(=O)N2CCCC2)sc(=Cc2ccc(Br)cc2)c1=O. The van der Waals surface area contributed by atoms with Gasteiger partial charge in [-0.3, -0.25) is 14.2 Å². The fourth-order valence-corrected chi connectivity index (χ4v) is 5.01. The molecule has 1 aromatic heterocycles. The lowest BCUT2D eigenvalue weighted by Gasteiger charge is -2.14. The highest BCUT2D eigenvalue weighted by Crippen LogP contribution is 2.14. The predicted molar refractivity (Wildman–Crippen MR) is 126 cm³/mol. The number of amides is 1. The summed E-state index contributed by atoms with van der Waals surface area (Å²) >= 11 is 4.60. The number of nitrogens with zero attached hydrogens (tertiary/aromatic N) is 3. The molecule has 1 aliphatic rings. The van der Waals surface area contributed by atoms with Crippen molar-refractivity contribution in [2.75, 3.05) is 13.1 Å². The van der Waals surface area contributed by atoms with Gasteiger partial charge in [0.15, 0.2) is 5.57 Å². The Balaban J connectivity index is 2.03. The highest BCUT2D eigenvalue weighted by molar-refractivity contribution is 9.10. The summed E-state index contributed by atoms with van der Waals surface area (Å²) in [4.78, 5) is 28.3. The van der Waals surface area contributed by atoms with E-state index in [9.17, 15) is 14.9 Å². The molecule has 0 aliphatic carbocycles. The van der Waals surface area contributed by atoms with Crippen molar-refractivity contribution in [2.24, 2.45) is 0 Å². The Morgan fingerprint density at radius 3 is 2.45 bits per heavy atom. The van der Waals surface area contributed by atoms with E-state index in [1.165, 1.54) is 15.9 Å². The van der Waals surface area contributed by atoms with Crippen LogP contribution in [0.5, 0.6) is 0 Å². The number of aromatic nitrogens is 1. The molecule has 5 nitrogen and oxygen atoms in total. The zero-order valence-electron chi connectivity index (χ0n) is 17.0. The van der Waals surface area contributed by atoms with Gasteiger partial charge in [0.05, 0.1) is 10.2 Å². The molecular weight excluding hydrogens is 474 g/mol. The summed E-state index contributed by atoms with van der Waals surface area (Å²) in [6.45, 7) is 3.19. The van der Waals surface area contributed by atoms with Crippen LogP contribution in [0, 0.1) is 18.3 Å². The first-order valence-electron chi connectivity index (χ1n) is 9.98. The van der Waals surface area contributed by atoms with Crippen LogP contribution in [-0.2, 0) is 4.79 Å². The number of rotatable bonds is 3. The second kappa shape index (κ2) is 9.04. The Morgan fingerprint density at radius 1 is 1.13 bits per heavy atom. The molecule has 3 aromatic rings. The summed E-state index contributed by atoms with van der Waals surface area (Å²) in [7, 11) is 0. The van der Waals surface area contributed by atoms with E-state index >= 15 is 0 Å². The van der Waals surface area contributed by atoms with Crippen LogP contribution in [0.25, 0.3) is 17.3 Å². The number of likely N-dealkylation sites (tertiary alicyclic amines) is 1. The molecule has 1 saturated heterocycles. The number of thiazole rings is 1. The lowest BCUT2D eigenvalue weighted by Crippen LogP contribution is -2.35. The minimum atomic E-state index is -0.307.